The second-order valence-electron chi connectivity index (χ2n) is 5.87. The Hall–Kier alpha value is -0.700. The van der Waals surface area contributed by atoms with Gasteiger partial charge in [0.05, 0.1) is 18.9 Å². The normalized spacial score (nSPS) is 24.7. The summed E-state index contributed by atoms with van der Waals surface area (Å²) in [7, 11) is -1.39. The van der Waals surface area contributed by atoms with Gasteiger partial charge in [-0.25, -0.2) is 8.42 Å². The van der Waals surface area contributed by atoms with E-state index in [1.807, 2.05) is 7.05 Å². The Morgan fingerprint density at radius 2 is 1.95 bits per heavy atom. The Labute approximate surface area is 126 Å². The van der Waals surface area contributed by atoms with Crippen molar-refractivity contribution in [2.75, 3.05) is 59.2 Å². The molecule has 0 bridgehead atoms. The number of sulfonamides is 1. The minimum absolute atomic E-state index is 0.0809. The van der Waals surface area contributed by atoms with Gasteiger partial charge in [-0.15, -0.1) is 0 Å². The van der Waals surface area contributed by atoms with Gasteiger partial charge in [-0.2, -0.15) is 4.31 Å². The highest BCUT2D eigenvalue weighted by molar-refractivity contribution is 7.88. The van der Waals surface area contributed by atoms with E-state index in [4.69, 9.17) is 4.74 Å². The van der Waals surface area contributed by atoms with Gasteiger partial charge >= 0.3 is 0 Å². The zero-order chi connectivity index (χ0) is 15.5. The fourth-order valence-corrected chi connectivity index (χ4v) is 3.42. The van der Waals surface area contributed by atoms with E-state index in [2.05, 4.69) is 4.90 Å². The number of rotatable bonds is 5. The summed E-state index contributed by atoms with van der Waals surface area (Å²) in [5.74, 6) is -0.119. The average molecular weight is 319 g/mol. The summed E-state index contributed by atoms with van der Waals surface area (Å²) in [6.07, 6.45) is 2.88. The second-order valence-corrected chi connectivity index (χ2v) is 7.86. The van der Waals surface area contributed by atoms with Gasteiger partial charge in [0.1, 0.15) is 0 Å². The van der Waals surface area contributed by atoms with Crippen molar-refractivity contribution >= 4 is 15.9 Å². The van der Waals surface area contributed by atoms with Crippen LogP contribution in [0, 0.1) is 0 Å². The third-order valence-electron chi connectivity index (χ3n) is 4.07. The molecule has 2 aliphatic heterocycles. The van der Waals surface area contributed by atoms with E-state index < -0.39 is 10.0 Å². The quantitative estimate of drug-likeness (QED) is 0.664. The smallest absolute Gasteiger partial charge is 0.237 e. The van der Waals surface area contributed by atoms with E-state index in [-0.39, 0.29) is 25.1 Å². The highest BCUT2D eigenvalue weighted by atomic mass is 32.2. The Bertz CT molecular complexity index is 454. The van der Waals surface area contributed by atoms with Crippen molar-refractivity contribution < 1.29 is 17.9 Å². The molecule has 0 saturated carbocycles. The lowest BCUT2D eigenvalue weighted by atomic mass is 10.2. The maximum absolute atomic E-state index is 12.3. The summed E-state index contributed by atoms with van der Waals surface area (Å²) >= 11 is 0. The molecule has 1 unspecified atom stereocenters. The monoisotopic (exact) mass is 319 g/mol. The number of hydrogen-bond acceptors (Lipinski definition) is 5. The lowest BCUT2D eigenvalue weighted by Crippen LogP contribution is -2.51. The van der Waals surface area contributed by atoms with Crippen LogP contribution >= 0.6 is 0 Å². The van der Waals surface area contributed by atoms with Crippen LogP contribution in [0.4, 0.5) is 0 Å². The summed E-state index contributed by atoms with van der Waals surface area (Å²) < 4.78 is 30.5. The molecule has 7 nitrogen and oxygen atoms in total. The molecule has 0 spiro atoms. The maximum Gasteiger partial charge on any atom is 0.237 e. The van der Waals surface area contributed by atoms with Crippen molar-refractivity contribution in [3.05, 3.63) is 0 Å². The van der Waals surface area contributed by atoms with Crippen LogP contribution in [0.3, 0.4) is 0 Å². The van der Waals surface area contributed by atoms with E-state index in [0.29, 0.717) is 19.7 Å². The first kappa shape index (κ1) is 16.7. The zero-order valence-electron chi connectivity index (χ0n) is 12.8. The molecule has 0 N–H and O–H groups in total. The third-order valence-corrected chi connectivity index (χ3v) is 5.28. The molecule has 1 atom stereocenters. The first-order valence-corrected chi connectivity index (χ1v) is 9.24. The number of piperazine rings is 1. The van der Waals surface area contributed by atoms with E-state index in [9.17, 15) is 13.2 Å². The minimum atomic E-state index is -3.40. The molecule has 122 valence electrons. The van der Waals surface area contributed by atoms with Gasteiger partial charge < -0.3 is 14.5 Å². The Morgan fingerprint density at radius 3 is 2.48 bits per heavy atom. The van der Waals surface area contributed by atoms with Crippen molar-refractivity contribution in [3.8, 4) is 0 Å². The standard InChI is InChI=1S/C13H25N3O4S/c1-14-5-7-15(8-6-14)13(17)11-16(21(2,18)19)10-12-4-3-9-20-12/h12H,3-11H2,1-2H3. The largest absolute Gasteiger partial charge is 0.377 e. The Kier molecular flexibility index (Phi) is 5.59. The van der Waals surface area contributed by atoms with Gasteiger partial charge in [0.25, 0.3) is 0 Å². The molecule has 0 radical (unpaired) electrons. The zero-order valence-corrected chi connectivity index (χ0v) is 13.6. The fraction of sp³-hybridized carbons (Fsp3) is 0.923. The van der Waals surface area contributed by atoms with Gasteiger partial charge in [-0.3, -0.25) is 4.79 Å². The van der Waals surface area contributed by atoms with Crippen molar-refractivity contribution in [1.82, 2.24) is 14.1 Å². The van der Waals surface area contributed by atoms with Crippen molar-refractivity contribution in [2.24, 2.45) is 0 Å². The van der Waals surface area contributed by atoms with Crippen LogP contribution < -0.4 is 0 Å². The van der Waals surface area contributed by atoms with E-state index >= 15 is 0 Å². The van der Waals surface area contributed by atoms with E-state index in [1.54, 1.807) is 4.90 Å². The predicted octanol–water partition coefficient (Wildman–Crippen LogP) is -0.799. The average Bonchev–Trinajstić information content (AvgIpc) is 2.90. The number of carbonyl (C=O) groups excluding carboxylic acids is 1. The first-order valence-electron chi connectivity index (χ1n) is 7.39. The van der Waals surface area contributed by atoms with Crippen LogP contribution in [-0.4, -0.2) is 93.7 Å². The highest BCUT2D eigenvalue weighted by Crippen LogP contribution is 2.15. The van der Waals surface area contributed by atoms with Crippen LogP contribution in [0.1, 0.15) is 12.8 Å². The van der Waals surface area contributed by atoms with Crippen molar-refractivity contribution in [1.29, 1.82) is 0 Å². The summed E-state index contributed by atoms with van der Waals surface area (Å²) in [6, 6.07) is 0. The molecular formula is C13H25N3O4S. The van der Waals surface area contributed by atoms with Gasteiger partial charge in [0.15, 0.2) is 0 Å². The third kappa shape index (κ3) is 4.91. The Morgan fingerprint density at radius 1 is 1.29 bits per heavy atom. The van der Waals surface area contributed by atoms with E-state index in [0.717, 1.165) is 32.2 Å². The van der Waals surface area contributed by atoms with Gasteiger partial charge in [0.2, 0.25) is 15.9 Å². The molecule has 0 aromatic rings. The van der Waals surface area contributed by atoms with Crippen LogP contribution in [0.2, 0.25) is 0 Å². The lowest BCUT2D eigenvalue weighted by Gasteiger charge is -2.33. The van der Waals surface area contributed by atoms with Crippen molar-refractivity contribution in [3.63, 3.8) is 0 Å². The number of nitrogens with zero attached hydrogens (tertiary/aromatic N) is 3. The minimum Gasteiger partial charge on any atom is -0.377 e. The first-order chi connectivity index (χ1) is 9.86. The summed E-state index contributed by atoms with van der Waals surface area (Å²) in [5.41, 5.74) is 0. The van der Waals surface area contributed by atoms with E-state index in [1.165, 1.54) is 4.31 Å². The molecule has 1 amide bonds. The highest BCUT2D eigenvalue weighted by Gasteiger charge is 2.28. The molecule has 8 heteroatoms. The van der Waals surface area contributed by atoms with Gasteiger partial charge in [0, 0.05) is 39.3 Å². The molecule has 2 saturated heterocycles. The molecule has 2 aliphatic rings. The summed E-state index contributed by atoms with van der Waals surface area (Å²) in [5, 5.41) is 0. The molecule has 2 rings (SSSR count). The number of carbonyl (C=O) groups is 1. The number of likely N-dealkylation sites (N-methyl/N-ethyl adjacent to an activating group) is 1. The van der Waals surface area contributed by atoms with Gasteiger partial charge in [-0.1, -0.05) is 0 Å². The molecule has 21 heavy (non-hydrogen) atoms. The van der Waals surface area contributed by atoms with Crippen LogP contribution in [0.5, 0.6) is 0 Å². The lowest BCUT2D eigenvalue weighted by molar-refractivity contribution is -0.133. The number of hydrogen-bond donors (Lipinski definition) is 0. The molecule has 2 heterocycles. The molecule has 0 aliphatic carbocycles. The topological polar surface area (TPSA) is 70.2 Å². The fourth-order valence-electron chi connectivity index (χ4n) is 2.64. The predicted molar refractivity (Wildman–Crippen MR) is 79.5 cm³/mol. The molecular weight excluding hydrogens is 294 g/mol. The molecule has 0 aromatic carbocycles. The van der Waals surface area contributed by atoms with Crippen LogP contribution in [0.15, 0.2) is 0 Å². The van der Waals surface area contributed by atoms with Gasteiger partial charge in [-0.05, 0) is 19.9 Å². The van der Waals surface area contributed by atoms with Crippen LogP contribution in [-0.2, 0) is 19.6 Å². The number of ether oxygens (including phenoxy) is 1. The maximum atomic E-state index is 12.3. The number of amides is 1. The SMILES string of the molecule is CN1CCN(C(=O)CN(CC2CCCO2)S(C)(=O)=O)CC1. The summed E-state index contributed by atoms with van der Waals surface area (Å²) in [6.45, 7) is 3.85. The summed E-state index contributed by atoms with van der Waals surface area (Å²) in [4.78, 5) is 16.2. The Balaban J connectivity index is 1.92. The molecule has 0 aromatic heterocycles. The van der Waals surface area contributed by atoms with Crippen LogP contribution in [0.25, 0.3) is 0 Å². The second kappa shape index (κ2) is 7.04. The van der Waals surface area contributed by atoms with Crippen molar-refractivity contribution in [2.45, 2.75) is 18.9 Å². The molecule has 2 fully saturated rings.